The van der Waals surface area contributed by atoms with Gasteiger partial charge in [0.25, 0.3) is 0 Å². The molecule has 1 fully saturated rings. The molecule has 1 aromatic rings. The van der Waals surface area contributed by atoms with Gasteiger partial charge in [-0.25, -0.2) is 9.18 Å². The van der Waals surface area contributed by atoms with Gasteiger partial charge in [-0.1, -0.05) is 0 Å². The molecule has 1 saturated heterocycles. The van der Waals surface area contributed by atoms with E-state index in [1.165, 1.54) is 12.1 Å². The van der Waals surface area contributed by atoms with Gasteiger partial charge in [-0.2, -0.15) is 0 Å². The lowest BCUT2D eigenvalue weighted by molar-refractivity contribution is -0.00658. The highest BCUT2D eigenvalue weighted by molar-refractivity contribution is 5.89. The molecule has 0 spiro atoms. The predicted octanol–water partition coefficient (Wildman–Crippen LogP) is 2.70. The summed E-state index contributed by atoms with van der Waals surface area (Å²) in [5.41, 5.74) is 1.47. The molecule has 0 aliphatic carbocycles. The van der Waals surface area contributed by atoms with Crippen molar-refractivity contribution in [3.05, 3.63) is 34.6 Å². The van der Waals surface area contributed by atoms with Crippen molar-refractivity contribution in [2.24, 2.45) is 5.92 Å². The van der Waals surface area contributed by atoms with Gasteiger partial charge in [0.1, 0.15) is 5.82 Å². The smallest absolute Gasteiger partial charge is 0.336 e. The molecular weight excluding hydrogens is 285 g/mol. The predicted molar refractivity (Wildman–Crippen MR) is 80.5 cm³/mol. The molecule has 1 aromatic carbocycles. The summed E-state index contributed by atoms with van der Waals surface area (Å²) in [6, 6.07) is 2.66. The third kappa shape index (κ3) is 3.15. The maximum Gasteiger partial charge on any atom is 0.336 e. The van der Waals surface area contributed by atoms with E-state index in [-0.39, 0.29) is 11.4 Å². The van der Waals surface area contributed by atoms with Crippen molar-refractivity contribution in [3.63, 3.8) is 0 Å². The van der Waals surface area contributed by atoms with Gasteiger partial charge in [-0.05, 0) is 55.4 Å². The summed E-state index contributed by atoms with van der Waals surface area (Å²) in [6.45, 7) is 5.14. The van der Waals surface area contributed by atoms with Crippen molar-refractivity contribution in [1.82, 2.24) is 4.90 Å². The van der Waals surface area contributed by atoms with Crippen molar-refractivity contribution >= 4 is 5.97 Å². The van der Waals surface area contributed by atoms with Crippen LogP contribution < -0.4 is 0 Å². The Morgan fingerprint density at radius 2 is 2.27 bits per heavy atom. The Hall–Kier alpha value is -1.46. The van der Waals surface area contributed by atoms with Crippen LogP contribution in [0.5, 0.6) is 0 Å². The zero-order valence-corrected chi connectivity index (χ0v) is 12.8. The summed E-state index contributed by atoms with van der Waals surface area (Å²) < 4.78 is 19.5. The van der Waals surface area contributed by atoms with E-state index in [1.54, 1.807) is 0 Å². The van der Waals surface area contributed by atoms with Crippen LogP contribution in [0.2, 0.25) is 0 Å². The Labute approximate surface area is 129 Å². The molecule has 0 bridgehead atoms. The van der Waals surface area contributed by atoms with Gasteiger partial charge in [-0.3, -0.25) is 4.90 Å². The lowest BCUT2D eigenvalue weighted by Crippen LogP contribution is -2.38. The fourth-order valence-electron chi connectivity index (χ4n) is 3.67. The molecule has 2 heterocycles. The Morgan fingerprint density at radius 3 is 3.00 bits per heavy atom. The number of ether oxygens (including phenoxy) is 1. The molecule has 0 aromatic heterocycles. The minimum absolute atomic E-state index is 0.237. The molecule has 2 unspecified atom stereocenters. The number of benzene rings is 1. The molecule has 0 saturated carbocycles. The first-order valence-electron chi connectivity index (χ1n) is 7.92. The van der Waals surface area contributed by atoms with E-state index in [0.717, 1.165) is 32.5 Å². The second-order valence-corrected chi connectivity index (χ2v) is 6.41. The van der Waals surface area contributed by atoms with Crippen LogP contribution in [-0.2, 0) is 17.7 Å². The standard InChI is InChI=1S/C17H22FNO3/c1-11-8-12(5-7-22-11)9-19-6-4-13-15(10-19)14(17(20)21)2-3-16(13)18/h2-3,11-12H,4-10H2,1H3,(H,20,21). The lowest BCUT2D eigenvalue weighted by atomic mass is 9.91. The highest BCUT2D eigenvalue weighted by atomic mass is 19.1. The third-order valence-electron chi connectivity index (χ3n) is 4.77. The van der Waals surface area contributed by atoms with Gasteiger partial charge in [-0.15, -0.1) is 0 Å². The topological polar surface area (TPSA) is 49.8 Å². The molecule has 3 rings (SSSR count). The molecule has 0 amide bonds. The summed E-state index contributed by atoms with van der Waals surface area (Å²) in [6.07, 6.45) is 2.96. The molecule has 5 heteroatoms. The second kappa shape index (κ2) is 6.34. The first-order chi connectivity index (χ1) is 10.5. The Bertz CT molecular complexity index is 575. The number of carboxylic acid groups (broad SMARTS) is 1. The summed E-state index contributed by atoms with van der Waals surface area (Å²) in [5.74, 6) is -0.677. The number of hydrogen-bond acceptors (Lipinski definition) is 3. The molecule has 2 aliphatic rings. The van der Waals surface area contributed by atoms with Gasteiger partial charge in [0.05, 0.1) is 11.7 Å². The van der Waals surface area contributed by atoms with Crippen molar-refractivity contribution in [2.45, 2.75) is 38.8 Å². The number of carboxylic acids is 1. The highest BCUT2D eigenvalue weighted by Crippen LogP contribution is 2.28. The van der Waals surface area contributed by atoms with Crippen LogP contribution in [0.3, 0.4) is 0 Å². The Morgan fingerprint density at radius 1 is 1.45 bits per heavy atom. The molecule has 120 valence electrons. The third-order valence-corrected chi connectivity index (χ3v) is 4.77. The summed E-state index contributed by atoms with van der Waals surface area (Å²) in [5, 5.41) is 9.32. The normalized spacial score (nSPS) is 25.7. The first-order valence-corrected chi connectivity index (χ1v) is 7.92. The molecule has 0 radical (unpaired) electrons. The zero-order chi connectivity index (χ0) is 15.7. The van der Waals surface area contributed by atoms with E-state index in [2.05, 4.69) is 11.8 Å². The average Bonchev–Trinajstić information content (AvgIpc) is 2.47. The van der Waals surface area contributed by atoms with Crippen LogP contribution in [0.15, 0.2) is 12.1 Å². The van der Waals surface area contributed by atoms with E-state index < -0.39 is 5.97 Å². The van der Waals surface area contributed by atoms with Gasteiger partial charge in [0.15, 0.2) is 0 Å². The quantitative estimate of drug-likeness (QED) is 0.933. The van der Waals surface area contributed by atoms with Gasteiger partial charge >= 0.3 is 5.97 Å². The minimum atomic E-state index is -0.974. The molecular formula is C17H22FNO3. The zero-order valence-electron chi connectivity index (χ0n) is 12.8. The maximum absolute atomic E-state index is 13.9. The van der Waals surface area contributed by atoms with E-state index in [4.69, 9.17) is 4.74 Å². The average molecular weight is 307 g/mol. The van der Waals surface area contributed by atoms with E-state index in [1.807, 2.05) is 0 Å². The molecule has 1 N–H and O–H groups in total. The highest BCUT2D eigenvalue weighted by Gasteiger charge is 2.27. The number of nitrogens with zero attached hydrogens (tertiary/aromatic N) is 1. The van der Waals surface area contributed by atoms with Crippen molar-refractivity contribution in [2.75, 3.05) is 19.7 Å². The summed E-state index contributed by atoms with van der Waals surface area (Å²) in [7, 11) is 0. The van der Waals surface area contributed by atoms with Crippen LogP contribution in [0.1, 0.15) is 41.3 Å². The summed E-state index contributed by atoms with van der Waals surface area (Å²) in [4.78, 5) is 13.6. The molecule has 2 atom stereocenters. The number of fused-ring (bicyclic) bond motifs is 1. The number of halogens is 1. The number of carbonyl (C=O) groups is 1. The number of hydrogen-bond donors (Lipinski definition) is 1. The van der Waals surface area contributed by atoms with Crippen LogP contribution >= 0.6 is 0 Å². The Balaban J connectivity index is 1.75. The van der Waals surface area contributed by atoms with Crippen molar-refractivity contribution < 1.29 is 19.0 Å². The number of aromatic carboxylic acids is 1. The fraction of sp³-hybridized carbons (Fsp3) is 0.588. The molecule has 4 nitrogen and oxygen atoms in total. The lowest BCUT2D eigenvalue weighted by Gasteiger charge is -2.35. The molecule has 2 aliphatic heterocycles. The molecule has 22 heavy (non-hydrogen) atoms. The van der Waals surface area contributed by atoms with Crippen molar-refractivity contribution in [3.8, 4) is 0 Å². The maximum atomic E-state index is 13.9. The van der Waals surface area contributed by atoms with Gasteiger partial charge < -0.3 is 9.84 Å². The SMILES string of the molecule is CC1CC(CN2CCc3c(F)ccc(C(=O)O)c3C2)CCO1. The first kappa shape index (κ1) is 15.4. The van der Waals surface area contributed by atoms with Gasteiger partial charge in [0, 0.05) is 26.2 Å². The van der Waals surface area contributed by atoms with E-state index >= 15 is 0 Å². The van der Waals surface area contributed by atoms with Crippen LogP contribution in [0, 0.1) is 11.7 Å². The van der Waals surface area contributed by atoms with E-state index in [9.17, 15) is 14.3 Å². The van der Waals surface area contributed by atoms with Crippen LogP contribution in [0.4, 0.5) is 4.39 Å². The number of rotatable bonds is 3. The summed E-state index contributed by atoms with van der Waals surface area (Å²) >= 11 is 0. The fourth-order valence-corrected chi connectivity index (χ4v) is 3.67. The second-order valence-electron chi connectivity index (χ2n) is 6.41. The van der Waals surface area contributed by atoms with E-state index in [0.29, 0.717) is 36.1 Å². The largest absolute Gasteiger partial charge is 0.478 e. The monoisotopic (exact) mass is 307 g/mol. The van der Waals surface area contributed by atoms with Crippen LogP contribution in [0.25, 0.3) is 0 Å². The van der Waals surface area contributed by atoms with Crippen LogP contribution in [-0.4, -0.2) is 41.8 Å². The van der Waals surface area contributed by atoms with Gasteiger partial charge in [0.2, 0.25) is 0 Å². The Kier molecular flexibility index (Phi) is 4.45. The van der Waals surface area contributed by atoms with Crippen molar-refractivity contribution in [1.29, 1.82) is 0 Å². The minimum Gasteiger partial charge on any atom is -0.478 e.